The van der Waals surface area contributed by atoms with E-state index in [9.17, 15) is 4.79 Å². The van der Waals surface area contributed by atoms with E-state index in [0.29, 0.717) is 12.1 Å². The third kappa shape index (κ3) is 2.97. The Balaban J connectivity index is 1.42. The predicted molar refractivity (Wildman–Crippen MR) is 93.5 cm³/mol. The summed E-state index contributed by atoms with van der Waals surface area (Å²) in [4.78, 5) is 13.9. The van der Waals surface area contributed by atoms with Crippen molar-refractivity contribution in [2.24, 2.45) is 0 Å². The Hall–Kier alpha value is -2.47. The first kappa shape index (κ1) is 15.1. The van der Waals surface area contributed by atoms with Crippen molar-refractivity contribution in [2.45, 2.75) is 32.2 Å². The predicted octanol–water partition coefficient (Wildman–Crippen LogP) is 3.14. The summed E-state index contributed by atoms with van der Waals surface area (Å²) >= 11 is 1.83. The van der Waals surface area contributed by atoms with E-state index in [1.54, 1.807) is 17.2 Å². The minimum Gasteiger partial charge on any atom is -0.348 e. The number of carbonyl (C=O) groups excluding carboxylic acids is 1. The molecular weight excluding hydrogens is 320 g/mol. The second-order valence-electron chi connectivity index (χ2n) is 5.97. The summed E-state index contributed by atoms with van der Waals surface area (Å²) in [5.41, 5.74) is 4.35. The largest absolute Gasteiger partial charge is 0.348 e. The highest BCUT2D eigenvalue weighted by Crippen LogP contribution is 2.30. The van der Waals surface area contributed by atoms with Crippen molar-refractivity contribution in [3.05, 3.63) is 63.9 Å². The lowest BCUT2D eigenvalue weighted by atomic mass is 9.96. The van der Waals surface area contributed by atoms with Gasteiger partial charge in [0.05, 0.1) is 0 Å². The van der Waals surface area contributed by atoms with Crippen LogP contribution in [-0.2, 0) is 19.4 Å². The summed E-state index contributed by atoms with van der Waals surface area (Å²) in [5, 5.41) is 12.8. The monoisotopic (exact) mass is 338 g/mol. The molecule has 3 aromatic rings. The maximum Gasteiger partial charge on any atom is 0.251 e. The molecule has 1 aliphatic rings. The topological polar surface area (TPSA) is 59.8 Å². The lowest BCUT2D eigenvalue weighted by Gasteiger charge is -2.13. The van der Waals surface area contributed by atoms with Gasteiger partial charge in [-0.25, -0.2) is 0 Å². The molecule has 0 saturated carbocycles. The summed E-state index contributed by atoms with van der Waals surface area (Å²) < 4.78 is 1.80. The average molecular weight is 338 g/mol. The highest BCUT2D eigenvalue weighted by Gasteiger charge is 2.16. The minimum absolute atomic E-state index is 0.0407. The molecule has 1 N–H and O–H groups in total. The van der Waals surface area contributed by atoms with Crippen LogP contribution in [0.1, 0.15) is 39.2 Å². The first-order chi connectivity index (χ1) is 11.8. The molecule has 0 spiro atoms. The number of thiophene rings is 1. The summed E-state index contributed by atoms with van der Waals surface area (Å²) in [6.07, 6.45) is 8.16. The number of carbonyl (C=O) groups is 1. The van der Waals surface area contributed by atoms with Crippen LogP contribution < -0.4 is 5.32 Å². The van der Waals surface area contributed by atoms with E-state index >= 15 is 0 Å². The summed E-state index contributed by atoms with van der Waals surface area (Å²) in [6, 6.07) is 7.44. The zero-order valence-corrected chi connectivity index (χ0v) is 14.1. The number of hydrogen-bond acceptors (Lipinski definition) is 4. The van der Waals surface area contributed by atoms with Crippen molar-refractivity contribution >= 4 is 17.2 Å². The number of fused-ring (bicyclic) bond motifs is 1. The highest BCUT2D eigenvalue weighted by molar-refractivity contribution is 7.10. The summed E-state index contributed by atoms with van der Waals surface area (Å²) in [6.45, 7) is 0.609. The van der Waals surface area contributed by atoms with Gasteiger partial charge in [0.15, 0.2) is 0 Å². The molecule has 0 unspecified atom stereocenters. The molecule has 0 atom stereocenters. The SMILES string of the molecule is O=C(NCc1csc2c1CCCC2)c1ccc(-n2cnnc2)cc1. The molecule has 5 nitrogen and oxygen atoms in total. The van der Waals surface area contributed by atoms with Gasteiger partial charge in [-0.05, 0) is 66.5 Å². The Morgan fingerprint density at radius 1 is 1.12 bits per heavy atom. The molecule has 0 aliphatic heterocycles. The third-order valence-corrected chi connectivity index (χ3v) is 5.57. The molecule has 1 amide bonds. The van der Waals surface area contributed by atoms with Gasteiger partial charge >= 0.3 is 0 Å². The highest BCUT2D eigenvalue weighted by atomic mass is 32.1. The maximum atomic E-state index is 12.4. The van der Waals surface area contributed by atoms with Crippen molar-refractivity contribution in [3.8, 4) is 5.69 Å². The number of rotatable bonds is 4. The van der Waals surface area contributed by atoms with Crippen molar-refractivity contribution in [1.82, 2.24) is 20.1 Å². The minimum atomic E-state index is -0.0407. The van der Waals surface area contributed by atoms with Crippen molar-refractivity contribution < 1.29 is 4.79 Å². The molecule has 0 saturated heterocycles. The zero-order valence-electron chi connectivity index (χ0n) is 13.2. The molecule has 122 valence electrons. The molecule has 2 heterocycles. The van der Waals surface area contributed by atoms with Gasteiger partial charge in [-0.2, -0.15) is 0 Å². The molecule has 4 rings (SSSR count). The second kappa shape index (κ2) is 6.57. The third-order valence-electron chi connectivity index (χ3n) is 4.43. The van der Waals surface area contributed by atoms with E-state index in [-0.39, 0.29) is 5.91 Å². The fraction of sp³-hybridized carbons (Fsp3) is 0.278. The van der Waals surface area contributed by atoms with Gasteiger partial charge in [0.25, 0.3) is 5.91 Å². The molecule has 6 heteroatoms. The Morgan fingerprint density at radius 2 is 1.88 bits per heavy atom. The van der Waals surface area contributed by atoms with Crippen LogP contribution in [0, 0.1) is 0 Å². The maximum absolute atomic E-state index is 12.4. The van der Waals surface area contributed by atoms with Crippen LogP contribution in [0.4, 0.5) is 0 Å². The Bertz CT molecular complexity index is 837. The molecule has 0 bridgehead atoms. The van der Waals surface area contributed by atoms with Gasteiger partial charge in [0, 0.05) is 22.7 Å². The fourth-order valence-corrected chi connectivity index (χ4v) is 4.25. The summed E-state index contributed by atoms with van der Waals surface area (Å²) in [5.74, 6) is -0.0407. The number of nitrogens with one attached hydrogen (secondary N) is 1. The van der Waals surface area contributed by atoms with Crippen molar-refractivity contribution in [1.29, 1.82) is 0 Å². The van der Waals surface area contributed by atoms with E-state index in [1.807, 2.05) is 35.6 Å². The fourth-order valence-electron chi connectivity index (χ4n) is 3.11. The van der Waals surface area contributed by atoms with Gasteiger partial charge < -0.3 is 5.32 Å². The van der Waals surface area contributed by atoms with Gasteiger partial charge in [-0.3, -0.25) is 9.36 Å². The molecule has 1 aliphatic carbocycles. The zero-order chi connectivity index (χ0) is 16.4. The molecule has 24 heavy (non-hydrogen) atoms. The molecule has 2 aromatic heterocycles. The van der Waals surface area contributed by atoms with Gasteiger partial charge in [0.1, 0.15) is 12.7 Å². The van der Waals surface area contributed by atoms with Gasteiger partial charge in [0.2, 0.25) is 0 Å². The number of benzene rings is 1. The smallest absolute Gasteiger partial charge is 0.251 e. The van der Waals surface area contributed by atoms with Crippen LogP contribution in [-0.4, -0.2) is 20.7 Å². The number of amides is 1. The molecule has 1 aromatic carbocycles. The number of nitrogens with zero attached hydrogens (tertiary/aromatic N) is 3. The van der Waals surface area contributed by atoms with Crippen molar-refractivity contribution in [2.75, 3.05) is 0 Å². The van der Waals surface area contributed by atoms with E-state index in [0.717, 1.165) is 12.1 Å². The second-order valence-corrected chi connectivity index (χ2v) is 6.93. The number of aromatic nitrogens is 3. The molecule has 0 fully saturated rings. The average Bonchev–Trinajstić information content (AvgIpc) is 3.30. The first-order valence-electron chi connectivity index (χ1n) is 8.12. The number of hydrogen-bond donors (Lipinski definition) is 1. The van der Waals surface area contributed by atoms with Crippen LogP contribution in [0.25, 0.3) is 5.69 Å². The van der Waals surface area contributed by atoms with Crippen LogP contribution in [0.2, 0.25) is 0 Å². The summed E-state index contributed by atoms with van der Waals surface area (Å²) in [7, 11) is 0. The Kier molecular flexibility index (Phi) is 4.13. The quantitative estimate of drug-likeness (QED) is 0.795. The lowest BCUT2D eigenvalue weighted by molar-refractivity contribution is 0.0951. The van der Waals surface area contributed by atoms with Crippen LogP contribution in [0.5, 0.6) is 0 Å². The Labute approximate surface area is 144 Å². The number of aryl methyl sites for hydroxylation is 1. The van der Waals surface area contributed by atoms with Gasteiger partial charge in [-0.1, -0.05) is 0 Å². The lowest BCUT2D eigenvalue weighted by Crippen LogP contribution is -2.23. The standard InChI is InChI=1S/C18H18N4OS/c23-18(13-5-7-15(8-6-13)22-11-20-21-12-22)19-9-14-10-24-17-4-2-1-3-16(14)17/h5-8,10-12H,1-4,9H2,(H,19,23). The molecular formula is C18H18N4OS. The van der Waals surface area contributed by atoms with Gasteiger partial charge in [-0.15, -0.1) is 21.5 Å². The van der Waals surface area contributed by atoms with E-state index < -0.39 is 0 Å². The van der Waals surface area contributed by atoms with Crippen molar-refractivity contribution in [3.63, 3.8) is 0 Å². The molecule has 0 radical (unpaired) electrons. The first-order valence-corrected chi connectivity index (χ1v) is 9.00. The van der Waals surface area contributed by atoms with E-state index in [2.05, 4.69) is 20.9 Å². The van der Waals surface area contributed by atoms with Crippen LogP contribution >= 0.6 is 11.3 Å². The Morgan fingerprint density at radius 3 is 2.67 bits per heavy atom. The normalized spacial score (nSPS) is 13.5. The van der Waals surface area contributed by atoms with E-state index in [4.69, 9.17) is 0 Å². The van der Waals surface area contributed by atoms with Crippen LogP contribution in [0.15, 0.2) is 42.3 Å². The van der Waals surface area contributed by atoms with E-state index in [1.165, 1.54) is 35.3 Å². The van der Waals surface area contributed by atoms with Crippen LogP contribution in [0.3, 0.4) is 0 Å².